The molecule has 1 unspecified atom stereocenters. The highest BCUT2D eigenvalue weighted by molar-refractivity contribution is 5.85. The average Bonchev–Trinajstić information content (AvgIpc) is 2.69. The Labute approximate surface area is 91.7 Å². The lowest BCUT2D eigenvalue weighted by molar-refractivity contribution is 0.232. The lowest BCUT2D eigenvalue weighted by Gasteiger charge is -2.21. The molecule has 2 heteroatoms. The summed E-state index contributed by atoms with van der Waals surface area (Å²) in [4.78, 5) is 4.69. The molecule has 82 valence electrons. The third kappa shape index (κ3) is 1.99. The highest BCUT2D eigenvalue weighted by Crippen LogP contribution is 2.30. The number of hydrogen-bond donors (Lipinski definition) is 0. The maximum Gasteiger partial charge on any atom is 0.195 e. The van der Waals surface area contributed by atoms with Crippen LogP contribution in [0.4, 0.5) is 0 Å². The molecule has 2 rings (SSSR count). The monoisotopic (exact) mass is 205 g/mol. The van der Waals surface area contributed by atoms with Crippen LogP contribution in [0.15, 0.2) is 28.8 Å². The van der Waals surface area contributed by atoms with Crippen molar-refractivity contribution in [2.75, 3.05) is 6.61 Å². The standard InChI is InChI=1S/C13H19NO/c1-9-6-5-7-10(9)12-14-11(8-15-12)13(2,3)4/h5-7,10-11H,8H2,1-4H3/t10?,11-/m1/s1. The molecular formula is C13H19NO. The number of ether oxygens (including phenoxy) is 1. The lowest BCUT2D eigenvalue weighted by Crippen LogP contribution is -2.25. The van der Waals surface area contributed by atoms with Crippen molar-refractivity contribution in [3.63, 3.8) is 0 Å². The van der Waals surface area contributed by atoms with Crippen molar-refractivity contribution in [1.82, 2.24) is 0 Å². The highest BCUT2D eigenvalue weighted by atomic mass is 16.5. The molecule has 0 saturated carbocycles. The van der Waals surface area contributed by atoms with Crippen molar-refractivity contribution in [2.24, 2.45) is 16.3 Å². The smallest absolute Gasteiger partial charge is 0.195 e. The van der Waals surface area contributed by atoms with Gasteiger partial charge in [0.15, 0.2) is 5.90 Å². The molecule has 0 aromatic carbocycles. The fraction of sp³-hybridized carbons (Fsp3) is 0.615. The first-order chi connectivity index (χ1) is 6.98. The molecule has 15 heavy (non-hydrogen) atoms. The summed E-state index contributed by atoms with van der Waals surface area (Å²) in [6, 6.07) is 0.300. The molecule has 0 amide bonds. The Hall–Kier alpha value is -1.05. The van der Waals surface area contributed by atoms with Gasteiger partial charge in [-0.15, -0.1) is 0 Å². The van der Waals surface area contributed by atoms with E-state index in [0.29, 0.717) is 6.04 Å². The summed E-state index contributed by atoms with van der Waals surface area (Å²) in [7, 11) is 0. The van der Waals surface area contributed by atoms with E-state index in [0.717, 1.165) is 12.5 Å². The Kier molecular flexibility index (Phi) is 2.45. The molecule has 2 atom stereocenters. The van der Waals surface area contributed by atoms with E-state index in [1.807, 2.05) is 0 Å². The van der Waals surface area contributed by atoms with Gasteiger partial charge in [-0.1, -0.05) is 44.6 Å². The van der Waals surface area contributed by atoms with Gasteiger partial charge >= 0.3 is 0 Å². The minimum Gasteiger partial charge on any atom is -0.478 e. The first kappa shape index (κ1) is 10.5. The van der Waals surface area contributed by atoms with Crippen LogP contribution in [0.3, 0.4) is 0 Å². The van der Waals surface area contributed by atoms with Crippen molar-refractivity contribution in [3.05, 3.63) is 23.8 Å². The molecular weight excluding hydrogens is 186 g/mol. The van der Waals surface area contributed by atoms with Crippen LogP contribution in [0, 0.1) is 11.3 Å². The predicted octanol–water partition coefficient (Wildman–Crippen LogP) is 2.96. The first-order valence-electron chi connectivity index (χ1n) is 5.54. The molecule has 0 bridgehead atoms. The number of nitrogens with zero attached hydrogens (tertiary/aromatic N) is 1. The Morgan fingerprint density at radius 2 is 2.13 bits per heavy atom. The van der Waals surface area contributed by atoms with Crippen LogP contribution in [0.5, 0.6) is 0 Å². The summed E-state index contributed by atoms with van der Waals surface area (Å²) in [5.41, 5.74) is 1.52. The summed E-state index contributed by atoms with van der Waals surface area (Å²) in [6.07, 6.45) is 6.36. The van der Waals surface area contributed by atoms with Crippen LogP contribution in [0.25, 0.3) is 0 Å². The van der Waals surface area contributed by atoms with E-state index in [1.165, 1.54) is 5.57 Å². The third-order valence-corrected chi connectivity index (χ3v) is 3.09. The fourth-order valence-corrected chi connectivity index (χ4v) is 1.86. The summed E-state index contributed by atoms with van der Waals surface area (Å²) < 4.78 is 5.70. The minimum atomic E-state index is 0.196. The van der Waals surface area contributed by atoms with E-state index in [2.05, 4.69) is 45.9 Å². The van der Waals surface area contributed by atoms with Crippen LogP contribution in [-0.2, 0) is 4.74 Å². The maximum atomic E-state index is 5.70. The quantitative estimate of drug-likeness (QED) is 0.645. The molecule has 0 aromatic heterocycles. The van der Waals surface area contributed by atoms with Gasteiger partial charge in [0.25, 0.3) is 0 Å². The number of rotatable bonds is 1. The van der Waals surface area contributed by atoms with E-state index < -0.39 is 0 Å². The van der Waals surface area contributed by atoms with Gasteiger partial charge in [-0.2, -0.15) is 0 Å². The average molecular weight is 205 g/mol. The van der Waals surface area contributed by atoms with Gasteiger partial charge in [0.05, 0.1) is 12.0 Å². The number of allylic oxidation sites excluding steroid dienone is 2. The summed E-state index contributed by atoms with van der Waals surface area (Å²) >= 11 is 0. The summed E-state index contributed by atoms with van der Waals surface area (Å²) in [5.74, 6) is 1.19. The molecule has 1 aliphatic carbocycles. The fourth-order valence-electron chi connectivity index (χ4n) is 1.86. The molecule has 2 aliphatic rings. The van der Waals surface area contributed by atoms with E-state index in [-0.39, 0.29) is 11.3 Å². The van der Waals surface area contributed by atoms with Crippen LogP contribution in [0.2, 0.25) is 0 Å². The second-order valence-electron chi connectivity index (χ2n) is 5.43. The molecule has 0 fully saturated rings. The Morgan fingerprint density at radius 1 is 1.40 bits per heavy atom. The maximum absolute atomic E-state index is 5.70. The molecule has 0 saturated heterocycles. The molecule has 2 nitrogen and oxygen atoms in total. The van der Waals surface area contributed by atoms with E-state index in [1.54, 1.807) is 0 Å². The minimum absolute atomic E-state index is 0.196. The zero-order chi connectivity index (χ0) is 11.1. The zero-order valence-electron chi connectivity index (χ0n) is 9.95. The Morgan fingerprint density at radius 3 is 2.60 bits per heavy atom. The third-order valence-electron chi connectivity index (χ3n) is 3.09. The SMILES string of the molecule is CC1=CC=CC1C1=N[C@@H](C(C)(C)C)CO1. The van der Waals surface area contributed by atoms with E-state index >= 15 is 0 Å². The predicted molar refractivity (Wildman–Crippen MR) is 63.0 cm³/mol. The van der Waals surface area contributed by atoms with Crippen LogP contribution in [-0.4, -0.2) is 18.5 Å². The Bertz CT molecular complexity index is 344. The molecule has 0 N–H and O–H groups in total. The Balaban J connectivity index is 2.14. The van der Waals surface area contributed by atoms with Gasteiger partial charge in [0.2, 0.25) is 0 Å². The van der Waals surface area contributed by atoms with Crippen molar-refractivity contribution in [2.45, 2.75) is 33.7 Å². The van der Waals surface area contributed by atoms with E-state index in [9.17, 15) is 0 Å². The molecule has 1 heterocycles. The topological polar surface area (TPSA) is 21.6 Å². The highest BCUT2D eigenvalue weighted by Gasteiger charge is 2.33. The lowest BCUT2D eigenvalue weighted by atomic mass is 9.88. The molecule has 0 radical (unpaired) electrons. The van der Waals surface area contributed by atoms with Crippen LogP contribution >= 0.6 is 0 Å². The van der Waals surface area contributed by atoms with Gasteiger partial charge in [0.1, 0.15) is 6.61 Å². The van der Waals surface area contributed by atoms with Gasteiger partial charge in [-0.05, 0) is 12.3 Å². The number of hydrogen-bond acceptors (Lipinski definition) is 2. The van der Waals surface area contributed by atoms with Gasteiger partial charge in [-0.3, -0.25) is 0 Å². The summed E-state index contributed by atoms with van der Waals surface area (Å²) in [5, 5.41) is 0. The molecule has 0 aromatic rings. The van der Waals surface area contributed by atoms with Crippen molar-refractivity contribution >= 4 is 5.90 Å². The zero-order valence-corrected chi connectivity index (χ0v) is 9.95. The van der Waals surface area contributed by atoms with Gasteiger partial charge in [0, 0.05) is 0 Å². The molecule has 0 spiro atoms. The second kappa shape index (κ2) is 3.51. The normalized spacial score (nSPS) is 30.1. The van der Waals surface area contributed by atoms with Crippen molar-refractivity contribution in [1.29, 1.82) is 0 Å². The van der Waals surface area contributed by atoms with Crippen LogP contribution < -0.4 is 0 Å². The number of aliphatic imine (C=N–C) groups is 1. The van der Waals surface area contributed by atoms with Crippen molar-refractivity contribution < 1.29 is 4.74 Å². The first-order valence-corrected chi connectivity index (χ1v) is 5.54. The van der Waals surface area contributed by atoms with E-state index in [4.69, 9.17) is 9.73 Å². The van der Waals surface area contributed by atoms with Crippen molar-refractivity contribution in [3.8, 4) is 0 Å². The second-order valence-corrected chi connectivity index (χ2v) is 5.43. The van der Waals surface area contributed by atoms with Gasteiger partial charge in [-0.25, -0.2) is 4.99 Å². The van der Waals surface area contributed by atoms with Crippen LogP contribution in [0.1, 0.15) is 27.7 Å². The summed E-state index contributed by atoms with van der Waals surface area (Å²) in [6.45, 7) is 9.49. The van der Waals surface area contributed by atoms with Gasteiger partial charge < -0.3 is 4.74 Å². The largest absolute Gasteiger partial charge is 0.478 e. The molecule has 1 aliphatic heterocycles.